The zero-order valence-electron chi connectivity index (χ0n) is 11.9. The van der Waals surface area contributed by atoms with Gasteiger partial charge in [-0.1, -0.05) is 19.8 Å². The van der Waals surface area contributed by atoms with E-state index < -0.39 is 0 Å². The zero-order chi connectivity index (χ0) is 13.6. The Morgan fingerprint density at radius 2 is 2.21 bits per heavy atom. The van der Waals surface area contributed by atoms with Gasteiger partial charge in [0.1, 0.15) is 5.52 Å². The molecule has 1 aliphatic rings. The van der Waals surface area contributed by atoms with Crippen molar-refractivity contribution in [3.05, 3.63) is 10.5 Å². The third-order valence-electron chi connectivity index (χ3n) is 4.49. The average molecular weight is 278 g/mol. The molecule has 0 bridgehead atoms. The van der Waals surface area contributed by atoms with Gasteiger partial charge >= 0.3 is 0 Å². The molecule has 0 amide bonds. The average Bonchev–Trinajstić information content (AvgIpc) is 2.76. The lowest BCUT2D eigenvalue weighted by Gasteiger charge is -2.32. The van der Waals surface area contributed by atoms with Gasteiger partial charge in [0, 0.05) is 13.1 Å². The van der Waals surface area contributed by atoms with Gasteiger partial charge in [0.2, 0.25) is 0 Å². The second-order valence-electron chi connectivity index (χ2n) is 5.75. The van der Waals surface area contributed by atoms with E-state index in [-0.39, 0.29) is 0 Å². The van der Waals surface area contributed by atoms with Crippen LogP contribution in [0.1, 0.15) is 51.3 Å². The summed E-state index contributed by atoms with van der Waals surface area (Å²) in [6.45, 7) is 4.47. The highest BCUT2D eigenvalue weighted by molar-refractivity contribution is 7.71. The van der Waals surface area contributed by atoms with Crippen LogP contribution in [0.15, 0.2) is 0 Å². The quantitative estimate of drug-likeness (QED) is 0.865. The summed E-state index contributed by atoms with van der Waals surface area (Å²) >= 11 is 5.54. The summed E-state index contributed by atoms with van der Waals surface area (Å²) in [7, 11) is 2.02. The summed E-state index contributed by atoms with van der Waals surface area (Å²) in [6.07, 6.45) is 6.13. The topological polar surface area (TPSA) is 38.5 Å². The van der Waals surface area contributed by atoms with Gasteiger partial charge in [0.25, 0.3) is 0 Å². The minimum absolute atomic E-state index is 0.472. The zero-order valence-corrected chi connectivity index (χ0v) is 12.8. The van der Waals surface area contributed by atoms with E-state index in [1.165, 1.54) is 19.3 Å². The first-order valence-corrected chi connectivity index (χ1v) is 7.70. The molecule has 3 rings (SSSR count). The molecule has 104 valence electrons. The highest BCUT2D eigenvalue weighted by Crippen LogP contribution is 2.37. The molecule has 0 spiro atoms. The minimum Gasteiger partial charge on any atom is -0.328 e. The van der Waals surface area contributed by atoms with Gasteiger partial charge in [-0.25, -0.2) is 0 Å². The van der Waals surface area contributed by atoms with Gasteiger partial charge in [-0.3, -0.25) is 9.25 Å². The largest absolute Gasteiger partial charge is 0.328 e. The third kappa shape index (κ3) is 1.95. The van der Waals surface area contributed by atoms with Crippen molar-refractivity contribution in [2.75, 3.05) is 0 Å². The van der Waals surface area contributed by atoms with Crippen LogP contribution in [-0.2, 0) is 13.5 Å². The third-order valence-corrected chi connectivity index (χ3v) is 4.79. The maximum Gasteiger partial charge on any atom is 0.179 e. The molecule has 1 saturated carbocycles. The number of aromatic amines is 1. The molecule has 1 N–H and O–H groups in total. The molecule has 5 heteroatoms. The van der Waals surface area contributed by atoms with Crippen LogP contribution in [0.5, 0.6) is 0 Å². The Balaban J connectivity index is 2.13. The Morgan fingerprint density at radius 3 is 2.79 bits per heavy atom. The Labute approximate surface area is 118 Å². The van der Waals surface area contributed by atoms with Crippen molar-refractivity contribution < 1.29 is 0 Å². The molecule has 1 fully saturated rings. The molecule has 2 aromatic heterocycles. The molecular weight excluding hydrogens is 256 g/mol. The number of H-pyrrole nitrogens is 1. The molecule has 0 aromatic carbocycles. The van der Waals surface area contributed by atoms with Gasteiger partial charge < -0.3 is 4.98 Å². The molecule has 2 heterocycles. The molecule has 4 nitrogen and oxygen atoms in total. The van der Waals surface area contributed by atoms with Crippen LogP contribution in [-0.4, -0.2) is 19.3 Å². The van der Waals surface area contributed by atoms with E-state index in [0.717, 1.165) is 40.4 Å². The molecule has 0 saturated heterocycles. The number of nitrogens with zero attached hydrogens (tertiary/aromatic N) is 3. The van der Waals surface area contributed by atoms with Crippen molar-refractivity contribution in [3.63, 3.8) is 0 Å². The maximum absolute atomic E-state index is 5.54. The summed E-state index contributed by atoms with van der Waals surface area (Å²) in [5, 5.41) is 4.65. The first-order valence-electron chi connectivity index (χ1n) is 7.29. The monoisotopic (exact) mass is 278 g/mol. The molecular formula is C14H22N4S. The van der Waals surface area contributed by atoms with Crippen molar-refractivity contribution in [1.82, 2.24) is 19.3 Å². The van der Waals surface area contributed by atoms with Gasteiger partial charge in [-0.15, -0.1) is 0 Å². The number of fused-ring (bicyclic) bond motifs is 1. The maximum atomic E-state index is 5.54. The van der Waals surface area contributed by atoms with Gasteiger partial charge in [-0.05, 0) is 44.3 Å². The number of aryl methyl sites for hydroxylation is 2. The van der Waals surface area contributed by atoms with Gasteiger partial charge in [-0.2, -0.15) is 5.10 Å². The fraction of sp³-hybridized carbons (Fsp3) is 0.714. The highest BCUT2D eigenvalue weighted by atomic mass is 32.1. The van der Waals surface area contributed by atoms with E-state index >= 15 is 0 Å². The minimum atomic E-state index is 0.472. The standard InChI is InChI=1S/C14H22N4S/c1-4-6-11-12-13(17(3)16-11)18(14(19)15-12)9(2)10-7-5-8-10/h9-10H,4-8H2,1-3H3,(H,15,19). The predicted octanol–water partition coefficient (Wildman–Crippen LogP) is 3.75. The summed E-state index contributed by atoms with van der Waals surface area (Å²) in [5.41, 5.74) is 3.44. The number of rotatable bonds is 4. The Kier molecular flexibility index (Phi) is 3.25. The summed E-state index contributed by atoms with van der Waals surface area (Å²) in [5.74, 6) is 0.773. The van der Waals surface area contributed by atoms with Gasteiger partial charge in [0.15, 0.2) is 10.4 Å². The van der Waals surface area contributed by atoms with Crippen LogP contribution in [0.25, 0.3) is 11.2 Å². The van der Waals surface area contributed by atoms with Crippen molar-refractivity contribution >= 4 is 23.4 Å². The SMILES string of the molecule is CCCc1nn(C)c2c1[nH]c(=S)n2C(C)C1CCC1. The molecule has 0 radical (unpaired) electrons. The molecule has 0 aliphatic heterocycles. The second-order valence-corrected chi connectivity index (χ2v) is 6.14. The smallest absolute Gasteiger partial charge is 0.179 e. The molecule has 2 aromatic rings. The number of imidazole rings is 1. The molecule has 1 aliphatic carbocycles. The van der Waals surface area contributed by atoms with E-state index in [2.05, 4.69) is 28.5 Å². The number of hydrogen-bond donors (Lipinski definition) is 1. The summed E-state index contributed by atoms with van der Waals surface area (Å²) in [4.78, 5) is 3.38. The van der Waals surface area contributed by atoms with Crippen LogP contribution < -0.4 is 0 Å². The highest BCUT2D eigenvalue weighted by Gasteiger charge is 2.28. The normalized spacial score (nSPS) is 17.8. The first kappa shape index (κ1) is 12.9. The fourth-order valence-corrected chi connectivity index (χ4v) is 3.51. The van der Waals surface area contributed by atoms with Crippen molar-refractivity contribution in [3.8, 4) is 0 Å². The fourth-order valence-electron chi connectivity index (χ4n) is 3.16. The van der Waals surface area contributed by atoms with E-state index in [1.807, 2.05) is 11.7 Å². The van der Waals surface area contributed by atoms with Gasteiger partial charge in [0.05, 0.1) is 5.69 Å². The van der Waals surface area contributed by atoms with Crippen molar-refractivity contribution in [1.29, 1.82) is 0 Å². The van der Waals surface area contributed by atoms with E-state index in [9.17, 15) is 0 Å². The van der Waals surface area contributed by atoms with Crippen LogP contribution in [0.2, 0.25) is 0 Å². The Morgan fingerprint density at radius 1 is 1.47 bits per heavy atom. The predicted molar refractivity (Wildman–Crippen MR) is 79.9 cm³/mol. The van der Waals surface area contributed by atoms with E-state index in [0.29, 0.717) is 6.04 Å². The van der Waals surface area contributed by atoms with Crippen LogP contribution in [0.3, 0.4) is 0 Å². The van der Waals surface area contributed by atoms with Crippen LogP contribution >= 0.6 is 12.2 Å². The van der Waals surface area contributed by atoms with Crippen LogP contribution in [0, 0.1) is 10.7 Å². The first-order chi connectivity index (χ1) is 9.13. The Bertz CT molecular complexity index is 644. The van der Waals surface area contributed by atoms with E-state index in [4.69, 9.17) is 12.2 Å². The second kappa shape index (κ2) is 4.78. The molecule has 1 unspecified atom stereocenters. The number of nitrogens with one attached hydrogen (secondary N) is 1. The number of hydrogen-bond acceptors (Lipinski definition) is 2. The lowest BCUT2D eigenvalue weighted by Crippen LogP contribution is -2.23. The summed E-state index contributed by atoms with van der Waals surface area (Å²) in [6, 6.07) is 0.472. The molecule has 1 atom stereocenters. The van der Waals surface area contributed by atoms with E-state index in [1.54, 1.807) is 0 Å². The van der Waals surface area contributed by atoms with Crippen molar-refractivity contribution in [2.45, 2.75) is 52.0 Å². The van der Waals surface area contributed by atoms with Crippen LogP contribution in [0.4, 0.5) is 0 Å². The lowest BCUT2D eigenvalue weighted by atomic mass is 9.80. The number of aromatic nitrogens is 4. The summed E-state index contributed by atoms with van der Waals surface area (Å²) < 4.78 is 5.11. The molecule has 19 heavy (non-hydrogen) atoms. The lowest BCUT2D eigenvalue weighted by molar-refractivity contribution is 0.223. The van der Waals surface area contributed by atoms with Crippen molar-refractivity contribution in [2.24, 2.45) is 13.0 Å². The Hall–Kier alpha value is -1.10.